The SMILES string of the molecule is CCCNCc1ccc(N2C(C)CCC2CC)c(C#N)c1. The molecular weight excluding hydrogens is 258 g/mol. The molecule has 0 aliphatic carbocycles. The normalized spacial score (nSPS) is 21.5. The fourth-order valence-corrected chi connectivity index (χ4v) is 3.32. The zero-order valence-corrected chi connectivity index (χ0v) is 13.5. The molecule has 1 N–H and O–H groups in total. The number of benzene rings is 1. The number of nitriles is 1. The van der Waals surface area contributed by atoms with Crippen molar-refractivity contribution in [2.24, 2.45) is 0 Å². The summed E-state index contributed by atoms with van der Waals surface area (Å²) in [6, 6.07) is 9.87. The van der Waals surface area contributed by atoms with Gasteiger partial charge in [0.05, 0.1) is 11.3 Å². The molecule has 1 aliphatic heterocycles. The maximum Gasteiger partial charge on any atom is 0.101 e. The molecule has 114 valence electrons. The molecule has 3 nitrogen and oxygen atoms in total. The molecule has 0 aromatic heterocycles. The fourth-order valence-electron chi connectivity index (χ4n) is 3.32. The highest BCUT2D eigenvalue weighted by Crippen LogP contribution is 2.34. The van der Waals surface area contributed by atoms with Crippen molar-refractivity contribution in [1.82, 2.24) is 5.32 Å². The van der Waals surface area contributed by atoms with Crippen molar-refractivity contribution in [3.63, 3.8) is 0 Å². The van der Waals surface area contributed by atoms with Gasteiger partial charge in [-0.15, -0.1) is 0 Å². The first kappa shape index (κ1) is 15.9. The topological polar surface area (TPSA) is 39.1 Å². The highest BCUT2D eigenvalue weighted by atomic mass is 15.2. The number of nitrogens with zero attached hydrogens (tertiary/aromatic N) is 2. The monoisotopic (exact) mass is 285 g/mol. The molecule has 1 aliphatic rings. The smallest absolute Gasteiger partial charge is 0.101 e. The quantitative estimate of drug-likeness (QED) is 0.807. The lowest BCUT2D eigenvalue weighted by molar-refractivity contribution is 0.627. The summed E-state index contributed by atoms with van der Waals surface area (Å²) in [5.74, 6) is 0. The van der Waals surface area contributed by atoms with Gasteiger partial charge in [-0.3, -0.25) is 0 Å². The van der Waals surface area contributed by atoms with Crippen molar-refractivity contribution in [2.75, 3.05) is 11.4 Å². The third-order valence-electron chi connectivity index (χ3n) is 4.47. The zero-order chi connectivity index (χ0) is 15.2. The summed E-state index contributed by atoms with van der Waals surface area (Å²) in [5, 5.41) is 12.9. The Bertz CT molecular complexity index is 504. The van der Waals surface area contributed by atoms with E-state index in [0.29, 0.717) is 12.1 Å². The number of rotatable bonds is 6. The molecule has 21 heavy (non-hydrogen) atoms. The van der Waals surface area contributed by atoms with Gasteiger partial charge in [0.1, 0.15) is 6.07 Å². The van der Waals surface area contributed by atoms with Crippen molar-refractivity contribution >= 4 is 5.69 Å². The van der Waals surface area contributed by atoms with E-state index >= 15 is 0 Å². The summed E-state index contributed by atoms with van der Waals surface area (Å²) in [6.07, 6.45) is 4.74. The van der Waals surface area contributed by atoms with E-state index in [1.165, 1.54) is 18.4 Å². The molecule has 0 bridgehead atoms. The minimum absolute atomic E-state index is 0.533. The van der Waals surface area contributed by atoms with Crippen LogP contribution in [0.15, 0.2) is 18.2 Å². The minimum atomic E-state index is 0.533. The largest absolute Gasteiger partial charge is 0.365 e. The third kappa shape index (κ3) is 3.57. The van der Waals surface area contributed by atoms with E-state index in [0.717, 1.165) is 37.2 Å². The lowest BCUT2D eigenvalue weighted by atomic mass is 10.1. The second kappa shape index (κ2) is 7.47. The average Bonchev–Trinajstić information content (AvgIpc) is 2.88. The van der Waals surface area contributed by atoms with Crippen LogP contribution in [0.1, 0.15) is 57.6 Å². The molecule has 1 aromatic rings. The van der Waals surface area contributed by atoms with Gasteiger partial charge in [-0.1, -0.05) is 19.9 Å². The minimum Gasteiger partial charge on any atom is -0.365 e. The molecule has 1 saturated heterocycles. The first-order valence-electron chi connectivity index (χ1n) is 8.23. The van der Waals surface area contributed by atoms with Crippen molar-refractivity contribution in [1.29, 1.82) is 5.26 Å². The summed E-state index contributed by atoms with van der Waals surface area (Å²) < 4.78 is 0. The lowest BCUT2D eigenvalue weighted by Gasteiger charge is -2.31. The lowest BCUT2D eigenvalue weighted by Crippen LogP contribution is -2.34. The number of nitrogens with one attached hydrogen (secondary N) is 1. The van der Waals surface area contributed by atoms with Crippen LogP contribution in [0.25, 0.3) is 0 Å². The predicted molar refractivity (Wildman–Crippen MR) is 88.4 cm³/mol. The van der Waals surface area contributed by atoms with Crippen LogP contribution >= 0.6 is 0 Å². The zero-order valence-electron chi connectivity index (χ0n) is 13.5. The molecule has 1 heterocycles. The standard InChI is InChI=1S/C18H27N3/c1-4-10-20-13-15-7-9-18(16(11-15)12-19)21-14(3)6-8-17(21)5-2/h7,9,11,14,17,20H,4-6,8,10,13H2,1-3H3. The first-order chi connectivity index (χ1) is 10.2. The van der Waals surface area contributed by atoms with Crippen molar-refractivity contribution < 1.29 is 0 Å². The summed E-state index contributed by atoms with van der Waals surface area (Å²) in [7, 11) is 0. The molecule has 2 atom stereocenters. The van der Waals surface area contributed by atoms with E-state index in [4.69, 9.17) is 0 Å². The first-order valence-corrected chi connectivity index (χ1v) is 8.23. The van der Waals surface area contributed by atoms with Gasteiger partial charge in [-0.25, -0.2) is 0 Å². The van der Waals surface area contributed by atoms with E-state index in [-0.39, 0.29) is 0 Å². The van der Waals surface area contributed by atoms with Crippen molar-refractivity contribution in [2.45, 2.75) is 65.1 Å². The second-order valence-corrected chi connectivity index (χ2v) is 6.04. The van der Waals surface area contributed by atoms with Crippen LogP contribution in [0.5, 0.6) is 0 Å². The molecule has 0 amide bonds. The van der Waals surface area contributed by atoms with Crippen LogP contribution in [0.2, 0.25) is 0 Å². The van der Waals surface area contributed by atoms with Gasteiger partial charge in [-0.2, -0.15) is 5.26 Å². The summed E-state index contributed by atoms with van der Waals surface area (Å²) in [5.41, 5.74) is 3.13. The van der Waals surface area contributed by atoms with E-state index in [1.807, 2.05) is 0 Å². The summed E-state index contributed by atoms with van der Waals surface area (Å²) in [6.45, 7) is 8.54. The Labute approximate surface area is 129 Å². The maximum atomic E-state index is 9.52. The van der Waals surface area contributed by atoms with Gasteiger partial charge in [0.2, 0.25) is 0 Å². The summed E-state index contributed by atoms with van der Waals surface area (Å²) >= 11 is 0. The highest BCUT2D eigenvalue weighted by molar-refractivity contribution is 5.62. The van der Waals surface area contributed by atoms with Crippen molar-refractivity contribution in [3.05, 3.63) is 29.3 Å². The fraction of sp³-hybridized carbons (Fsp3) is 0.611. The van der Waals surface area contributed by atoms with Gasteiger partial charge in [-0.05, 0) is 56.8 Å². The molecule has 0 radical (unpaired) electrons. The Balaban J connectivity index is 2.22. The van der Waals surface area contributed by atoms with E-state index in [2.05, 4.69) is 55.3 Å². The number of hydrogen-bond acceptors (Lipinski definition) is 3. The molecule has 0 saturated carbocycles. The molecule has 0 spiro atoms. The Morgan fingerprint density at radius 3 is 2.81 bits per heavy atom. The molecule has 2 unspecified atom stereocenters. The molecule has 1 fully saturated rings. The van der Waals surface area contributed by atoms with Gasteiger partial charge in [0.25, 0.3) is 0 Å². The van der Waals surface area contributed by atoms with Crippen LogP contribution < -0.4 is 10.2 Å². The molecule has 1 aromatic carbocycles. The van der Waals surface area contributed by atoms with Crippen LogP contribution in [0.4, 0.5) is 5.69 Å². The highest BCUT2D eigenvalue weighted by Gasteiger charge is 2.30. The third-order valence-corrected chi connectivity index (χ3v) is 4.47. The van der Waals surface area contributed by atoms with E-state index < -0.39 is 0 Å². The van der Waals surface area contributed by atoms with Crippen molar-refractivity contribution in [3.8, 4) is 6.07 Å². The Morgan fingerprint density at radius 2 is 2.14 bits per heavy atom. The average molecular weight is 285 g/mol. The second-order valence-electron chi connectivity index (χ2n) is 6.04. The predicted octanol–water partition coefficient (Wildman–Crippen LogP) is 3.83. The van der Waals surface area contributed by atoms with Crippen LogP contribution in [0.3, 0.4) is 0 Å². The van der Waals surface area contributed by atoms with E-state index in [9.17, 15) is 5.26 Å². The Morgan fingerprint density at radius 1 is 1.33 bits per heavy atom. The molecule has 2 rings (SSSR count). The van der Waals surface area contributed by atoms with Gasteiger partial charge >= 0.3 is 0 Å². The maximum absolute atomic E-state index is 9.52. The van der Waals surface area contributed by atoms with Gasteiger partial charge < -0.3 is 10.2 Å². The number of anilines is 1. The Kier molecular flexibility index (Phi) is 5.64. The van der Waals surface area contributed by atoms with Gasteiger partial charge in [0.15, 0.2) is 0 Å². The van der Waals surface area contributed by atoms with Crippen LogP contribution in [0, 0.1) is 11.3 Å². The van der Waals surface area contributed by atoms with Crippen LogP contribution in [-0.4, -0.2) is 18.6 Å². The Hall–Kier alpha value is -1.53. The van der Waals surface area contributed by atoms with Crippen LogP contribution in [-0.2, 0) is 6.54 Å². The van der Waals surface area contributed by atoms with E-state index in [1.54, 1.807) is 0 Å². The summed E-state index contributed by atoms with van der Waals surface area (Å²) in [4.78, 5) is 2.46. The molecular formula is C18H27N3. The van der Waals surface area contributed by atoms with Gasteiger partial charge in [0, 0.05) is 18.6 Å². The number of hydrogen-bond donors (Lipinski definition) is 1. The molecule has 3 heteroatoms.